The van der Waals surface area contributed by atoms with Gasteiger partial charge in [0.25, 0.3) is 0 Å². The van der Waals surface area contributed by atoms with E-state index in [2.05, 4.69) is 20.9 Å². The first kappa shape index (κ1) is 9.11. The Morgan fingerprint density at radius 2 is 2.54 bits per heavy atom. The monoisotopic (exact) mass is 263 g/mol. The molecule has 0 amide bonds. The van der Waals surface area contributed by atoms with E-state index in [0.717, 1.165) is 0 Å². The van der Waals surface area contributed by atoms with E-state index < -0.39 is 0 Å². The zero-order valence-electron chi connectivity index (χ0n) is 6.53. The summed E-state index contributed by atoms with van der Waals surface area (Å²) >= 11 is 4.58. The van der Waals surface area contributed by atoms with Crippen molar-refractivity contribution in [2.45, 2.75) is 6.10 Å². The summed E-state index contributed by atoms with van der Waals surface area (Å²) in [7, 11) is 0. The second-order valence-corrected chi connectivity index (χ2v) is 4.71. The first-order valence-electron chi connectivity index (χ1n) is 3.65. The van der Waals surface area contributed by atoms with Gasteiger partial charge in [0.2, 0.25) is 0 Å². The van der Waals surface area contributed by atoms with Gasteiger partial charge in [-0.1, -0.05) is 0 Å². The van der Waals surface area contributed by atoms with Gasteiger partial charge in [-0.2, -0.15) is 0 Å². The molecule has 2 heterocycles. The Kier molecular flexibility index (Phi) is 2.61. The largest absolute Gasteiger partial charge is 0.453 e. The second kappa shape index (κ2) is 3.73. The molecule has 0 N–H and O–H groups in total. The maximum Gasteiger partial charge on any atom is 0.359 e. The fourth-order valence-corrected chi connectivity index (χ4v) is 1.87. The SMILES string of the molecule is O=C(OC1COC1)c1ncsc1Br. The van der Waals surface area contributed by atoms with Gasteiger partial charge < -0.3 is 9.47 Å². The average Bonchev–Trinajstić information content (AvgIpc) is 2.43. The summed E-state index contributed by atoms with van der Waals surface area (Å²) in [5.41, 5.74) is 1.94. The van der Waals surface area contributed by atoms with E-state index in [1.165, 1.54) is 11.3 Å². The van der Waals surface area contributed by atoms with Crippen LogP contribution in [0.5, 0.6) is 0 Å². The number of hydrogen-bond acceptors (Lipinski definition) is 5. The number of nitrogens with zero attached hydrogens (tertiary/aromatic N) is 1. The molecule has 0 saturated carbocycles. The van der Waals surface area contributed by atoms with E-state index in [4.69, 9.17) is 9.47 Å². The third-order valence-corrected chi connectivity index (χ3v) is 3.15. The van der Waals surface area contributed by atoms with Crippen LogP contribution in [0.25, 0.3) is 0 Å². The summed E-state index contributed by atoms with van der Waals surface area (Å²) < 4.78 is 10.6. The Balaban J connectivity index is 2.00. The van der Waals surface area contributed by atoms with Crippen LogP contribution in [-0.4, -0.2) is 30.3 Å². The minimum atomic E-state index is -0.388. The Bertz CT molecular complexity index is 323. The van der Waals surface area contributed by atoms with Crippen molar-refractivity contribution in [3.05, 3.63) is 15.0 Å². The lowest BCUT2D eigenvalue weighted by Gasteiger charge is -2.25. The third-order valence-electron chi connectivity index (χ3n) is 1.60. The molecular formula is C7H6BrNO3S. The molecular weight excluding hydrogens is 258 g/mol. The predicted octanol–water partition coefficient (Wildman–Crippen LogP) is 1.46. The van der Waals surface area contributed by atoms with Crippen LogP contribution in [0.4, 0.5) is 0 Å². The molecule has 0 bridgehead atoms. The lowest BCUT2D eigenvalue weighted by atomic mass is 10.3. The molecule has 1 aliphatic heterocycles. The minimum absolute atomic E-state index is 0.0962. The summed E-state index contributed by atoms with van der Waals surface area (Å²) in [6, 6.07) is 0. The number of hydrogen-bond donors (Lipinski definition) is 0. The maximum atomic E-state index is 11.4. The van der Waals surface area contributed by atoms with Crippen LogP contribution in [-0.2, 0) is 9.47 Å². The first-order valence-corrected chi connectivity index (χ1v) is 5.32. The van der Waals surface area contributed by atoms with Gasteiger partial charge in [-0.25, -0.2) is 9.78 Å². The van der Waals surface area contributed by atoms with Crippen molar-refractivity contribution in [1.82, 2.24) is 4.98 Å². The smallest absolute Gasteiger partial charge is 0.359 e. The zero-order valence-corrected chi connectivity index (χ0v) is 8.93. The Morgan fingerprint density at radius 3 is 3.00 bits per heavy atom. The zero-order chi connectivity index (χ0) is 9.26. The highest BCUT2D eigenvalue weighted by Crippen LogP contribution is 2.22. The van der Waals surface area contributed by atoms with Crippen LogP contribution in [0, 0.1) is 0 Å². The van der Waals surface area contributed by atoms with Gasteiger partial charge in [0.15, 0.2) is 5.69 Å². The fraction of sp³-hybridized carbons (Fsp3) is 0.429. The summed E-state index contributed by atoms with van der Waals surface area (Å²) in [4.78, 5) is 15.2. The van der Waals surface area contributed by atoms with E-state index in [-0.39, 0.29) is 12.1 Å². The molecule has 2 rings (SSSR count). The van der Waals surface area contributed by atoms with Crippen LogP contribution in [0.1, 0.15) is 10.5 Å². The van der Waals surface area contributed by atoms with Crippen LogP contribution in [0.3, 0.4) is 0 Å². The van der Waals surface area contributed by atoms with Crippen molar-refractivity contribution >= 4 is 33.2 Å². The van der Waals surface area contributed by atoms with E-state index in [1.807, 2.05) is 0 Å². The quantitative estimate of drug-likeness (QED) is 0.759. The molecule has 1 saturated heterocycles. The molecule has 13 heavy (non-hydrogen) atoms. The molecule has 70 valence electrons. The second-order valence-electron chi connectivity index (χ2n) is 2.54. The summed E-state index contributed by atoms with van der Waals surface area (Å²) in [6.07, 6.45) is -0.0962. The van der Waals surface area contributed by atoms with Gasteiger partial charge in [0, 0.05) is 0 Å². The Labute approximate surface area is 87.0 Å². The molecule has 0 aliphatic carbocycles. The first-order chi connectivity index (χ1) is 6.27. The molecule has 1 aromatic rings. The normalized spacial score (nSPS) is 16.7. The van der Waals surface area contributed by atoms with E-state index >= 15 is 0 Å². The standard InChI is InChI=1S/C7H6BrNO3S/c8-6-5(9-3-13-6)7(10)12-4-1-11-2-4/h3-4H,1-2H2. The van der Waals surface area contributed by atoms with Crippen LogP contribution in [0.15, 0.2) is 9.30 Å². The highest BCUT2D eigenvalue weighted by Gasteiger charge is 2.25. The molecule has 4 nitrogen and oxygen atoms in total. The van der Waals surface area contributed by atoms with Crippen molar-refractivity contribution in [2.75, 3.05) is 13.2 Å². The summed E-state index contributed by atoms with van der Waals surface area (Å²) in [6.45, 7) is 0.987. The van der Waals surface area contributed by atoms with Gasteiger partial charge in [-0.3, -0.25) is 0 Å². The summed E-state index contributed by atoms with van der Waals surface area (Å²) in [5, 5.41) is 0. The number of thiazole rings is 1. The van der Waals surface area contributed by atoms with E-state index in [9.17, 15) is 4.79 Å². The predicted molar refractivity (Wildman–Crippen MR) is 49.8 cm³/mol. The van der Waals surface area contributed by atoms with E-state index in [1.54, 1.807) is 5.51 Å². The maximum absolute atomic E-state index is 11.4. The molecule has 0 spiro atoms. The number of ether oxygens (including phenoxy) is 2. The van der Waals surface area contributed by atoms with Crippen molar-refractivity contribution in [3.63, 3.8) is 0 Å². The van der Waals surface area contributed by atoms with Crippen LogP contribution in [0.2, 0.25) is 0 Å². The number of esters is 1. The van der Waals surface area contributed by atoms with Crippen molar-refractivity contribution in [3.8, 4) is 0 Å². The van der Waals surface area contributed by atoms with E-state index in [0.29, 0.717) is 22.7 Å². The molecule has 1 aliphatic rings. The van der Waals surface area contributed by atoms with Gasteiger partial charge in [0.05, 0.1) is 18.7 Å². The number of aromatic nitrogens is 1. The van der Waals surface area contributed by atoms with Gasteiger partial charge in [-0.05, 0) is 15.9 Å². The highest BCUT2D eigenvalue weighted by molar-refractivity contribution is 9.11. The average molecular weight is 264 g/mol. The minimum Gasteiger partial charge on any atom is -0.453 e. The third kappa shape index (κ3) is 1.90. The number of carbonyl (C=O) groups is 1. The van der Waals surface area contributed by atoms with Crippen LogP contribution >= 0.6 is 27.3 Å². The Hall–Kier alpha value is -0.460. The van der Waals surface area contributed by atoms with Gasteiger partial charge in [0.1, 0.15) is 9.89 Å². The molecule has 1 aromatic heterocycles. The lowest BCUT2D eigenvalue weighted by Crippen LogP contribution is -2.37. The summed E-state index contributed by atoms with van der Waals surface area (Å²) in [5.74, 6) is -0.388. The number of rotatable bonds is 2. The molecule has 1 fully saturated rings. The molecule has 0 aromatic carbocycles. The van der Waals surface area contributed by atoms with Crippen molar-refractivity contribution in [2.24, 2.45) is 0 Å². The van der Waals surface area contributed by atoms with Gasteiger partial charge in [-0.15, -0.1) is 11.3 Å². The van der Waals surface area contributed by atoms with Crippen molar-refractivity contribution in [1.29, 1.82) is 0 Å². The lowest BCUT2D eigenvalue weighted by molar-refractivity contribution is -0.103. The Morgan fingerprint density at radius 1 is 1.77 bits per heavy atom. The molecule has 0 atom stereocenters. The molecule has 0 unspecified atom stereocenters. The van der Waals surface area contributed by atoms with Crippen molar-refractivity contribution < 1.29 is 14.3 Å². The number of carbonyl (C=O) groups excluding carboxylic acids is 1. The topological polar surface area (TPSA) is 48.4 Å². The molecule has 6 heteroatoms. The highest BCUT2D eigenvalue weighted by atomic mass is 79.9. The number of halogens is 1. The van der Waals surface area contributed by atoms with Gasteiger partial charge >= 0.3 is 5.97 Å². The fourth-order valence-electron chi connectivity index (χ4n) is 0.854. The molecule has 0 radical (unpaired) electrons. The van der Waals surface area contributed by atoms with Crippen LogP contribution < -0.4 is 0 Å².